The molecule has 1 atom stereocenters. The highest BCUT2D eigenvalue weighted by Crippen LogP contribution is 2.30. The van der Waals surface area contributed by atoms with Crippen molar-refractivity contribution >= 4 is 16.0 Å². The van der Waals surface area contributed by atoms with E-state index < -0.39 is 15.6 Å². The highest BCUT2D eigenvalue weighted by molar-refractivity contribution is 7.88. The molecule has 1 aromatic rings. The molecule has 9 heteroatoms. The Morgan fingerprint density at radius 2 is 2.07 bits per heavy atom. The predicted molar refractivity (Wildman–Crippen MR) is 114 cm³/mol. The Balaban J connectivity index is 2.02. The number of nitrogens with one attached hydrogen (secondary N) is 3. The molecule has 0 amide bonds. The Kier molecular flexibility index (Phi) is 7.87. The number of rotatable bonds is 10. The zero-order chi connectivity index (χ0) is 21.7. The monoisotopic (exact) mass is 428 g/mol. The first-order valence-electron chi connectivity index (χ1n) is 9.95. The Labute approximate surface area is 173 Å². The molecule has 0 saturated heterocycles. The van der Waals surface area contributed by atoms with E-state index in [1.54, 1.807) is 19.9 Å². The zero-order valence-electron chi connectivity index (χ0n) is 17.9. The summed E-state index contributed by atoms with van der Waals surface area (Å²) in [4.78, 5) is 4.48. The summed E-state index contributed by atoms with van der Waals surface area (Å²) in [5.74, 6) is 0.993. The Bertz CT molecular complexity index is 823. The van der Waals surface area contributed by atoms with Gasteiger partial charge in [-0.2, -0.15) is 0 Å². The van der Waals surface area contributed by atoms with E-state index in [2.05, 4.69) is 20.3 Å². The zero-order valence-corrected chi connectivity index (χ0v) is 18.7. The van der Waals surface area contributed by atoms with Gasteiger partial charge in [0.05, 0.1) is 25.4 Å². The maximum Gasteiger partial charge on any atom is 0.209 e. The van der Waals surface area contributed by atoms with Crippen LogP contribution < -0.4 is 20.1 Å². The quantitative estimate of drug-likeness (QED) is 0.394. The Hall–Kier alpha value is -1.87. The minimum absolute atomic E-state index is 0.203. The van der Waals surface area contributed by atoms with Crippen molar-refractivity contribution < 1.29 is 17.5 Å². The normalized spacial score (nSPS) is 16.4. The molecule has 164 valence electrons. The molecule has 0 radical (unpaired) electrons. The van der Waals surface area contributed by atoms with Crippen LogP contribution in [0.15, 0.2) is 23.2 Å². The molecule has 1 aliphatic rings. The minimum atomic E-state index is -3.34. The van der Waals surface area contributed by atoms with E-state index in [4.69, 9.17) is 4.74 Å². The largest absolute Gasteiger partial charge is 0.490 e. The van der Waals surface area contributed by atoms with Gasteiger partial charge in [-0.1, -0.05) is 6.07 Å². The van der Waals surface area contributed by atoms with Gasteiger partial charge in [0.25, 0.3) is 0 Å². The molecule has 1 aliphatic carbocycles. The molecule has 0 bridgehead atoms. The Morgan fingerprint density at radius 3 is 2.62 bits per heavy atom. The third-order valence-electron chi connectivity index (χ3n) is 4.42. The third kappa shape index (κ3) is 8.57. The standard InChI is InChI=1S/C20H33FN4O3S/c1-6-22-19(23-13-20(3,4)25-29(5,26)27)24-14(2)16-9-10-18(17(21)11-16)28-12-15-7-8-15/h9-11,14-15,25H,6-8,12-13H2,1-5H3,(H2,22,23,24). The van der Waals surface area contributed by atoms with Crippen molar-refractivity contribution in [3.63, 3.8) is 0 Å². The van der Waals surface area contributed by atoms with E-state index in [9.17, 15) is 12.8 Å². The van der Waals surface area contributed by atoms with Crippen LogP contribution in [0.5, 0.6) is 5.75 Å². The summed E-state index contributed by atoms with van der Waals surface area (Å²) in [6, 6.07) is 4.76. The van der Waals surface area contributed by atoms with E-state index in [1.165, 1.54) is 6.07 Å². The fourth-order valence-corrected chi connectivity index (χ4v) is 3.88. The number of nitrogens with zero attached hydrogens (tertiary/aromatic N) is 1. The van der Waals surface area contributed by atoms with Crippen molar-refractivity contribution in [2.24, 2.45) is 10.9 Å². The van der Waals surface area contributed by atoms with Crippen LogP contribution in [0.1, 0.15) is 52.1 Å². The average molecular weight is 429 g/mol. The molecule has 3 N–H and O–H groups in total. The van der Waals surface area contributed by atoms with Gasteiger partial charge < -0.3 is 15.4 Å². The van der Waals surface area contributed by atoms with Gasteiger partial charge >= 0.3 is 0 Å². The molecule has 2 rings (SSSR count). The lowest BCUT2D eigenvalue weighted by Gasteiger charge is -2.24. The lowest BCUT2D eigenvalue weighted by Crippen LogP contribution is -2.47. The lowest BCUT2D eigenvalue weighted by molar-refractivity contribution is 0.285. The maximum absolute atomic E-state index is 14.4. The second-order valence-electron chi connectivity index (χ2n) is 8.26. The van der Waals surface area contributed by atoms with Crippen LogP contribution in [-0.4, -0.2) is 45.9 Å². The van der Waals surface area contributed by atoms with Crippen LogP contribution in [-0.2, 0) is 10.0 Å². The van der Waals surface area contributed by atoms with Crippen LogP contribution >= 0.6 is 0 Å². The van der Waals surface area contributed by atoms with Crippen LogP contribution in [0.2, 0.25) is 0 Å². The third-order valence-corrected chi connectivity index (χ3v) is 5.34. The lowest BCUT2D eigenvalue weighted by atomic mass is 10.1. The molecule has 0 aromatic heterocycles. The SMILES string of the molecule is CCNC(=NCC(C)(C)NS(C)(=O)=O)NC(C)c1ccc(OCC2CC2)c(F)c1. The first kappa shape index (κ1) is 23.4. The molecule has 7 nitrogen and oxygen atoms in total. The van der Waals surface area contributed by atoms with Crippen LogP contribution in [0, 0.1) is 11.7 Å². The number of aliphatic imine (C=N–C) groups is 1. The highest BCUT2D eigenvalue weighted by atomic mass is 32.2. The van der Waals surface area contributed by atoms with Crippen LogP contribution in [0.25, 0.3) is 0 Å². The number of halogens is 1. The van der Waals surface area contributed by atoms with Crippen LogP contribution in [0.3, 0.4) is 0 Å². The topological polar surface area (TPSA) is 91.8 Å². The highest BCUT2D eigenvalue weighted by Gasteiger charge is 2.23. The molecule has 1 unspecified atom stereocenters. The van der Waals surface area contributed by atoms with Gasteiger partial charge in [-0.15, -0.1) is 0 Å². The number of hydrogen-bond acceptors (Lipinski definition) is 4. The summed E-state index contributed by atoms with van der Waals surface area (Å²) in [6.45, 7) is 8.82. The van der Waals surface area contributed by atoms with Gasteiger partial charge in [0.1, 0.15) is 0 Å². The van der Waals surface area contributed by atoms with Crippen LogP contribution in [0.4, 0.5) is 4.39 Å². The van der Waals surface area contributed by atoms with Crippen molar-refractivity contribution in [1.82, 2.24) is 15.4 Å². The summed E-state index contributed by atoms with van der Waals surface area (Å²) in [6.07, 6.45) is 3.43. The van der Waals surface area contributed by atoms with Crippen molar-refractivity contribution in [1.29, 1.82) is 0 Å². The molecule has 0 heterocycles. The summed E-state index contributed by atoms with van der Waals surface area (Å²) >= 11 is 0. The summed E-state index contributed by atoms with van der Waals surface area (Å²) in [5.41, 5.74) is 0.0339. The van der Waals surface area contributed by atoms with E-state index in [0.29, 0.717) is 25.0 Å². The fourth-order valence-electron chi connectivity index (χ4n) is 2.81. The van der Waals surface area contributed by atoms with E-state index in [0.717, 1.165) is 24.7 Å². The Morgan fingerprint density at radius 1 is 1.38 bits per heavy atom. The van der Waals surface area contributed by atoms with Gasteiger partial charge in [0.2, 0.25) is 10.0 Å². The van der Waals surface area contributed by atoms with Gasteiger partial charge in [0, 0.05) is 12.1 Å². The molecule has 0 spiro atoms. The first-order chi connectivity index (χ1) is 13.5. The second-order valence-corrected chi connectivity index (χ2v) is 10.0. The maximum atomic E-state index is 14.4. The van der Waals surface area contributed by atoms with Crippen molar-refractivity contribution in [3.8, 4) is 5.75 Å². The van der Waals surface area contributed by atoms with Gasteiger partial charge in [-0.3, -0.25) is 4.99 Å². The van der Waals surface area contributed by atoms with E-state index in [1.807, 2.05) is 19.9 Å². The van der Waals surface area contributed by atoms with Gasteiger partial charge in [-0.25, -0.2) is 17.5 Å². The predicted octanol–water partition coefficient (Wildman–Crippen LogP) is 2.56. The van der Waals surface area contributed by atoms with E-state index >= 15 is 0 Å². The van der Waals surface area contributed by atoms with Crippen molar-refractivity contribution in [2.75, 3.05) is 26.0 Å². The fraction of sp³-hybridized carbons (Fsp3) is 0.650. The summed E-state index contributed by atoms with van der Waals surface area (Å²) < 4.78 is 45.5. The second kappa shape index (κ2) is 9.75. The number of sulfonamides is 1. The van der Waals surface area contributed by atoms with Crippen molar-refractivity contribution in [2.45, 2.75) is 52.1 Å². The molecular weight excluding hydrogens is 395 g/mol. The molecule has 1 aromatic carbocycles. The summed E-state index contributed by atoms with van der Waals surface area (Å²) in [7, 11) is -3.34. The van der Waals surface area contributed by atoms with E-state index in [-0.39, 0.29) is 24.2 Å². The first-order valence-corrected chi connectivity index (χ1v) is 11.8. The number of hydrogen-bond donors (Lipinski definition) is 3. The van der Waals surface area contributed by atoms with Gasteiger partial charge in [-0.05, 0) is 64.2 Å². The summed E-state index contributed by atoms with van der Waals surface area (Å²) in [5, 5.41) is 6.36. The van der Waals surface area contributed by atoms with Gasteiger partial charge in [0.15, 0.2) is 17.5 Å². The van der Waals surface area contributed by atoms with Crippen molar-refractivity contribution in [3.05, 3.63) is 29.6 Å². The minimum Gasteiger partial charge on any atom is -0.490 e. The molecule has 1 fully saturated rings. The molecule has 29 heavy (non-hydrogen) atoms. The number of guanidine groups is 1. The average Bonchev–Trinajstić information content (AvgIpc) is 3.41. The molecule has 1 saturated carbocycles. The molecular formula is C20H33FN4O3S. The number of benzene rings is 1. The molecule has 0 aliphatic heterocycles. The number of ether oxygens (including phenoxy) is 1. The smallest absolute Gasteiger partial charge is 0.209 e.